The highest BCUT2D eigenvalue weighted by atomic mass is 32.2. The van der Waals surface area contributed by atoms with E-state index in [1.807, 2.05) is 6.92 Å². The zero-order valence-electron chi connectivity index (χ0n) is 11.9. The van der Waals surface area contributed by atoms with Crippen molar-refractivity contribution in [1.82, 2.24) is 9.13 Å². The van der Waals surface area contributed by atoms with E-state index in [0.29, 0.717) is 31.9 Å². The first kappa shape index (κ1) is 16.6. The molecule has 0 aliphatic rings. The van der Waals surface area contributed by atoms with Gasteiger partial charge in [-0.1, -0.05) is 6.92 Å². The van der Waals surface area contributed by atoms with E-state index in [1.165, 1.54) is 4.57 Å². The summed E-state index contributed by atoms with van der Waals surface area (Å²) in [6.45, 7) is 3.25. The number of rotatable bonds is 8. The van der Waals surface area contributed by atoms with Gasteiger partial charge in [0.25, 0.3) is 5.56 Å². The molecule has 0 radical (unpaired) electrons. The maximum absolute atomic E-state index is 12.3. The number of nitrogen functional groups attached to an aromatic ring is 2. The molecule has 0 saturated heterocycles. The van der Waals surface area contributed by atoms with E-state index in [0.717, 1.165) is 10.3 Å². The molecule has 0 aliphatic heterocycles. The molecule has 7 nitrogen and oxygen atoms in total. The SMILES string of the molecule is CCSCCn1c(=O)c(N)c(N)n(CCCOC)c1=O. The molecule has 1 rings (SSSR count). The van der Waals surface area contributed by atoms with E-state index in [2.05, 4.69) is 0 Å². The third-order valence-electron chi connectivity index (χ3n) is 2.90. The van der Waals surface area contributed by atoms with Crippen LogP contribution in [0.2, 0.25) is 0 Å². The predicted octanol–water partition coefficient (Wildman–Crippen LogP) is -0.0360. The van der Waals surface area contributed by atoms with Gasteiger partial charge in [0, 0.05) is 32.6 Å². The number of hydrogen-bond acceptors (Lipinski definition) is 6. The maximum Gasteiger partial charge on any atom is 0.332 e. The largest absolute Gasteiger partial charge is 0.391 e. The van der Waals surface area contributed by atoms with Crippen molar-refractivity contribution < 1.29 is 4.74 Å². The Kier molecular flexibility index (Phi) is 6.66. The van der Waals surface area contributed by atoms with Crippen LogP contribution in [0.1, 0.15) is 13.3 Å². The van der Waals surface area contributed by atoms with Crippen molar-refractivity contribution in [2.24, 2.45) is 0 Å². The number of thioether (sulfide) groups is 1. The molecule has 0 aromatic carbocycles. The van der Waals surface area contributed by atoms with E-state index in [9.17, 15) is 9.59 Å². The molecule has 0 amide bonds. The normalized spacial score (nSPS) is 10.9. The van der Waals surface area contributed by atoms with Crippen molar-refractivity contribution in [1.29, 1.82) is 0 Å². The summed E-state index contributed by atoms with van der Waals surface area (Å²) in [7, 11) is 1.59. The van der Waals surface area contributed by atoms with Crippen LogP contribution >= 0.6 is 11.8 Å². The quantitative estimate of drug-likeness (QED) is 0.653. The van der Waals surface area contributed by atoms with Crippen molar-refractivity contribution in [3.8, 4) is 0 Å². The van der Waals surface area contributed by atoms with Gasteiger partial charge >= 0.3 is 5.69 Å². The van der Waals surface area contributed by atoms with E-state index in [4.69, 9.17) is 16.2 Å². The van der Waals surface area contributed by atoms with Crippen LogP contribution < -0.4 is 22.7 Å². The van der Waals surface area contributed by atoms with Crippen LogP contribution in [0, 0.1) is 0 Å². The van der Waals surface area contributed by atoms with Gasteiger partial charge in [0.15, 0.2) is 0 Å². The third kappa shape index (κ3) is 3.80. The molecule has 114 valence electrons. The Labute approximate surface area is 121 Å². The smallest absolute Gasteiger partial charge is 0.332 e. The fourth-order valence-electron chi connectivity index (χ4n) is 1.82. The Morgan fingerprint density at radius 2 is 1.90 bits per heavy atom. The van der Waals surface area contributed by atoms with Gasteiger partial charge in [0.05, 0.1) is 0 Å². The molecule has 0 fully saturated rings. The van der Waals surface area contributed by atoms with Crippen LogP contribution in [0.25, 0.3) is 0 Å². The van der Waals surface area contributed by atoms with Crippen LogP contribution in [0.4, 0.5) is 11.5 Å². The zero-order valence-corrected chi connectivity index (χ0v) is 12.7. The molecule has 1 aromatic rings. The summed E-state index contributed by atoms with van der Waals surface area (Å²) in [4.78, 5) is 24.3. The fourth-order valence-corrected chi connectivity index (χ4v) is 2.42. The molecule has 0 saturated carbocycles. The highest BCUT2D eigenvalue weighted by Crippen LogP contribution is 2.07. The molecule has 0 atom stereocenters. The first-order valence-corrected chi connectivity index (χ1v) is 7.65. The lowest BCUT2D eigenvalue weighted by Crippen LogP contribution is -2.43. The monoisotopic (exact) mass is 302 g/mol. The average molecular weight is 302 g/mol. The lowest BCUT2D eigenvalue weighted by molar-refractivity contribution is 0.190. The number of aromatic nitrogens is 2. The van der Waals surface area contributed by atoms with Gasteiger partial charge < -0.3 is 16.2 Å². The van der Waals surface area contributed by atoms with Gasteiger partial charge in [0.1, 0.15) is 11.5 Å². The minimum atomic E-state index is -0.507. The number of hydrogen-bond donors (Lipinski definition) is 2. The summed E-state index contributed by atoms with van der Waals surface area (Å²) in [6.07, 6.45) is 0.627. The van der Waals surface area contributed by atoms with Gasteiger partial charge in [-0.05, 0) is 12.2 Å². The standard InChI is InChI=1S/C12H22N4O3S/c1-3-20-8-6-16-11(17)9(13)10(14)15(12(16)18)5-4-7-19-2/h3-8,13-14H2,1-2H3. The second-order valence-corrected chi connectivity index (χ2v) is 5.63. The molecular formula is C12H22N4O3S. The average Bonchev–Trinajstić information content (AvgIpc) is 2.44. The number of anilines is 2. The zero-order chi connectivity index (χ0) is 15.1. The number of methoxy groups -OCH3 is 1. The number of ether oxygens (including phenoxy) is 1. The highest BCUT2D eigenvalue weighted by molar-refractivity contribution is 7.99. The van der Waals surface area contributed by atoms with E-state index in [-0.39, 0.29) is 11.5 Å². The molecule has 1 heterocycles. The highest BCUT2D eigenvalue weighted by Gasteiger charge is 2.14. The van der Waals surface area contributed by atoms with Crippen LogP contribution in [0.15, 0.2) is 9.59 Å². The molecule has 0 aliphatic carbocycles. The van der Waals surface area contributed by atoms with Crippen molar-refractivity contribution in [3.05, 3.63) is 20.8 Å². The van der Waals surface area contributed by atoms with E-state index >= 15 is 0 Å². The summed E-state index contributed by atoms with van der Waals surface area (Å²) in [5.74, 6) is 1.66. The molecule has 20 heavy (non-hydrogen) atoms. The summed E-state index contributed by atoms with van der Waals surface area (Å²) < 4.78 is 7.44. The Bertz CT molecular complexity index is 553. The molecule has 4 N–H and O–H groups in total. The minimum absolute atomic E-state index is 0.0375. The molecule has 0 bridgehead atoms. The Morgan fingerprint density at radius 3 is 2.50 bits per heavy atom. The lowest BCUT2D eigenvalue weighted by atomic mass is 10.4. The van der Waals surface area contributed by atoms with Crippen LogP contribution in [-0.4, -0.2) is 34.4 Å². The third-order valence-corrected chi connectivity index (χ3v) is 3.78. The molecule has 0 unspecified atom stereocenters. The van der Waals surface area contributed by atoms with Gasteiger partial charge in [-0.25, -0.2) is 4.79 Å². The van der Waals surface area contributed by atoms with Gasteiger partial charge in [-0.15, -0.1) is 0 Å². The number of nitrogens with two attached hydrogens (primary N) is 2. The van der Waals surface area contributed by atoms with Gasteiger partial charge in [-0.2, -0.15) is 11.8 Å². The second kappa shape index (κ2) is 8.01. The topological polar surface area (TPSA) is 105 Å². The first-order valence-electron chi connectivity index (χ1n) is 6.49. The summed E-state index contributed by atoms with van der Waals surface area (Å²) in [5.41, 5.74) is 10.5. The fraction of sp³-hybridized carbons (Fsp3) is 0.667. The molecule has 1 aromatic heterocycles. The Hall–Kier alpha value is -1.41. The first-order chi connectivity index (χ1) is 9.54. The van der Waals surface area contributed by atoms with Crippen molar-refractivity contribution in [3.63, 3.8) is 0 Å². The number of nitrogens with zero attached hydrogens (tertiary/aromatic N) is 2. The second-order valence-electron chi connectivity index (χ2n) is 4.23. The predicted molar refractivity (Wildman–Crippen MR) is 83.3 cm³/mol. The van der Waals surface area contributed by atoms with Crippen LogP contribution in [-0.2, 0) is 17.8 Å². The molecular weight excluding hydrogens is 280 g/mol. The van der Waals surface area contributed by atoms with Crippen LogP contribution in [0.3, 0.4) is 0 Å². The van der Waals surface area contributed by atoms with Gasteiger partial charge in [-0.3, -0.25) is 13.9 Å². The summed E-state index contributed by atoms with van der Waals surface area (Å²) in [5, 5.41) is 0. The van der Waals surface area contributed by atoms with Crippen molar-refractivity contribution in [2.45, 2.75) is 26.4 Å². The Morgan fingerprint density at radius 1 is 1.20 bits per heavy atom. The maximum atomic E-state index is 12.3. The minimum Gasteiger partial charge on any atom is -0.391 e. The molecule has 0 spiro atoms. The lowest BCUT2D eigenvalue weighted by Gasteiger charge is -2.14. The summed E-state index contributed by atoms with van der Waals surface area (Å²) in [6, 6.07) is 0. The van der Waals surface area contributed by atoms with E-state index < -0.39 is 11.2 Å². The van der Waals surface area contributed by atoms with E-state index in [1.54, 1.807) is 18.9 Å². The van der Waals surface area contributed by atoms with Gasteiger partial charge in [0.2, 0.25) is 0 Å². The Balaban J connectivity index is 3.11. The summed E-state index contributed by atoms with van der Waals surface area (Å²) >= 11 is 1.66. The van der Waals surface area contributed by atoms with Crippen LogP contribution in [0.5, 0.6) is 0 Å². The van der Waals surface area contributed by atoms with Crippen molar-refractivity contribution >= 4 is 23.3 Å². The van der Waals surface area contributed by atoms with Crippen molar-refractivity contribution in [2.75, 3.05) is 36.7 Å². The molecule has 8 heteroatoms.